The van der Waals surface area contributed by atoms with E-state index in [1.807, 2.05) is 4.90 Å². The minimum atomic E-state index is -0.519. The van der Waals surface area contributed by atoms with E-state index >= 15 is 0 Å². The van der Waals surface area contributed by atoms with E-state index < -0.39 is 10.7 Å². The summed E-state index contributed by atoms with van der Waals surface area (Å²) >= 11 is 0. The predicted molar refractivity (Wildman–Crippen MR) is 91.6 cm³/mol. The number of anilines is 2. The fourth-order valence-corrected chi connectivity index (χ4v) is 2.86. The minimum absolute atomic E-state index is 0.126. The van der Waals surface area contributed by atoms with E-state index in [-0.39, 0.29) is 23.8 Å². The first kappa shape index (κ1) is 17.8. The number of amides is 1. The molecule has 0 unspecified atom stereocenters. The Morgan fingerprint density at radius 2 is 2.08 bits per heavy atom. The summed E-state index contributed by atoms with van der Waals surface area (Å²) in [5, 5.41) is 17.5. The van der Waals surface area contributed by atoms with Crippen molar-refractivity contribution >= 4 is 23.1 Å². The first-order valence-corrected chi connectivity index (χ1v) is 8.07. The van der Waals surface area contributed by atoms with Gasteiger partial charge < -0.3 is 14.7 Å². The average molecular weight is 363 g/mol. The molecule has 0 bridgehead atoms. The molecule has 10 heteroatoms. The number of nitrogens with zero attached hydrogens (tertiary/aromatic N) is 4. The highest BCUT2D eigenvalue weighted by Crippen LogP contribution is 2.29. The van der Waals surface area contributed by atoms with Crippen molar-refractivity contribution in [1.82, 2.24) is 10.1 Å². The molecule has 1 fully saturated rings. The lowest BCUT2D eigenvalue weighted by Gasteiger charge is -2.35. The van der Waals surface area contributed by atoms with Crippen LogP contribution in [0.5, 0.6) is 0 Å². The van der Waals surface area contributed by atoms with E-state index in [1.54, 1.807) is 17.9 Å². The summed E-state index contributed by atoms with van der Waals surface area (Å²) in [4.78, 5) is 26.3. The van der Waals surface area contributed by atoms with Gasteiger partial charge in [0.1, 0.15) is 17.3 Å². The van der Waals surface area contributed by atoms with Crippen LogP contribution in [0.3, 0.4) is 0 Å². The molecule has 1 N–H and O–H groups in total. The van der Waals surface area contributed by atoms with Gasteiger partial charge in [0.15, 0.2) is 5.82 Å². The van der Waals surface area contributed by atoms with Crippen molar-refractivity contribution in [2.75, 3.05) is 42.9 Å². The highest BCUT2D eigenvalue weighted by Gasteiger charge is 2.25. The lowest BCUT2D eigenvalue weighted by atomic mass is 10.2. The maximum atomic E-state index is 13.5. The van der Waals surface area contributed by atoms with E-state index in [0.29, 0.717) is 37.8 Å². The van der Waals surface area contributed by atoms with Crippen molar-refractivity contribution in [2.24, 2.45) is 0 Å². The molecule has 0 aliphatic carbocycles. The normalized spacial score (nSPS) is 15.1. The minimum Gasteiger partial charge on any atom is -0.363 e. The number of aromatic nitrogens is 1. The van der Waals surface area contributed by atoms with Crippen molar-refractivity contribution in [3.63, 3.8) is 0 Å². The highest BCUT2D eigenvalue weighted by molar-refractivity contribution is 5.91. The molecule has 1 aromatic carbocycles. The van der Waals surface area contributed by atoms with Gasteiger partial charge in [0.25, 0.3) is 5.69 Å². The monoisotopic (exact) mass is 363 g/mol. The Hall–Kier alpha value is -3.01. The number of piperazine rings is 1. The first-order valence-electron chi connectivity index (χ1n) is 8.07. The van der Waals surface area contributed by atoms with Gasteiger partial charge in [-0.15, -0.1) is 0 Å². The van der Waals surface area contributed by atoms with Gasteiger partial charge >= 0.3 is 0 Å². The quantitative estimate of drug-likeness (QED) is 0.638. The molecular weight excluding hydrogens is 345 g/mol. The molecule has 1 aliphatic rings. The van der Waals surface area contributed by atoms with Crippen LogP contribution in [0.1, 0.15) is 5.76 Å². The Balaban J connectivity index is 1.57. The number of hydrogen-bond acceptors (Lipinski definition) is 7. The number of hydrogen-bond donors (Lipinski definition) is 1. The molecule has 1 amide bonds. The Kier molecular flexibility index (Phi) is 5.12. The van der Waals surface area contributed by atoms with Gasteiger partial charge in [-0.25, -0.2) is 4.39 Å². The van der Waals surface area contributed by atoms with Crippen LogP contribution in [0.4, 0.5) is 21.6 Å². The molecule has 2 heterocycles. The molecule has 2 aromatic rings. The molecule has 1 aliphatic heterocycles. The summed E-state index contributed by atoms with van der Waals surface area (Å²) < 4.78 is 18.4. The number of nitrogens with one attached hydrogen (secondary N) is 1. The SMILES string of the molecule is Cc1cc(NC(=O)CN2CCN(c3cc(F)ccc3[N+](=O)[O-])CC2)no1. The highest BCUT2D eigenvalue weighted by atomic mass is 19.1. The Morgan fingerprint density at radius 1 is 1.35 bits per heavy atom. The van der Waals surface area contributed by atoms with Crippen molar-refractivity contribution in [1.29, 1.82) is 0 Å². The van der Waals surface area contributed by atoms with Crippen LogP contribution in [-0.4, -0.2) is 53.6 Å². The maximum Gasteiger partial charge on any atom is 0.292 e. The second-order valence-electron chi connectivity index (χ2n) is 6.02. The van der Waals surface area contributed by atoms with Gasteiger partial charge in [-0.05, 0) is 13.0 Å². The maximum absolute atomic E-state index is 13.5. The number of nitro groups is 1. The number of carbonyl (C=O) groups excluding carboxylic acids is 1. The van der Waals surface area contributed by atoms with Gasteiger partial charge in [0.05, 0.1) is 11.5 Å². The largest absolute Gasteiger partial charge is 0.363 e. The summed E-state index contributed by atoms with van der Waals surface area (Å²) in [6, 6.07) is 5.05. The fourth-order valence-electron chi connectivity index (χ4n) is 2.86. The molecule has 0 radical (unpaired) electrons. The predicted octanol–water partition coefficient (Wildman–Crippen LogP) is 1.79. The Bertz CT molecular complexity index is 817. The molecule has 1 aromatic heterocycles. The zero-order valence-corrected chi connectivity index (χ0v) is 14.1. The molecule has 0 spiro atoms. The summed E-state index contributed by atoms with van der Waals surface area (Å²) in [6.07, 6.45) is 0. The third-order valence-electron chi connectivity index (χ3n) is 4.11. The van der Waals surface area contributed by atoms with Crippen LogP contribution >= 0.6 is 0 Å². The van der Waals surface area contributed by atoms with Crippen LogP contribution < -0.4 is 10.2 Å². The summed E-state index contributed by atoms with van der Waals surface area (Å²) in [7, 11) is 0. The second-order valence-corrected chi connectivity index (χ2v) is 6.02. The van der Waals surface area contributed by atoms with E-state index in [0.717, 1.165) is 6.07 Å². The Morgan fingerprint density at radius 3 is 2.69 bits per heavy atom. The number of carbonyl (C=O) groups is 1. The van der Waals surface area contributed by atoms with Crippen molar-refractivity contribution in [2.45, 2.75) is 6.92 Å². The molecule has 0 atom stereocenters. The topological polar surface area (TPSA) is 105 Å². The third-order valence-corrected chi connectivity index (χ3v) is 4.11. The standard InChI is InChI=1S/C16H18FN5O4/c1-11-8-15(19-26-11)18-16(23)10-20-4-6-21(7-5-20)14-9-12(17)2-3-13(14)22(24)25/h2-3,8-9H,4-7,10H2,1H3,(H,18,19,23). The van der Waals surface area contributed by atoms with E-state index in [4.69, 9.17) is 4.52 Å². The van der Waals surface area contributed by atoms with Crippen LogP contribution in [0.15, 0.2) is 28.8 Å². The van der Waals surface area contributed by atoms with Gasteiger partial charge in [-0.1, -0.05) is 5.16 Å². The van der Waals surface area contributed by atoms with Gasteiger partial charge in [-0.2, -0.15) is 0 Å². The van der Waals surface area contributed by atoms with Crippen molar-refractivity contribution < 1.29 is 18.6 Å². The first-order chi connectivity index (χ1) is 12.4. The van der Waals surface area contributed by atoms with Crippen LogP contribution in [0.25, 0.3) is 0 Å². The molecule has 26 heavy (non-hydrogen) atoms. The molecule has 138 valence electrons. The summed E-state index contributed by atoms with van der Waals surface area (Å²) in [6.45, 7) is 3.87. The zero-order chi connectivity index (χ0) is 18.7. The van der Waals surface area contributed by atoms with Crippen LogP contribution in [0.2, 0.25) is 0 Å². The fraction of sp³-hybridized carbons (Fsp3) is 0.375. The second kappa shape index (κ2) is 7.48. The lowest BCUT2D eigenvalue weighted by Crippen LogP contribution is -2.48. The molecule has 1 saturated heterocycles. The average Bonchev–Trinajstić information content (AvgIpc) is 3.00. The van der Waals surface area contributed by atoms with E-state index in [2.05, 4.69) is 10.5 Å². The van der Waals surface area contributed by atoms with E-state index in [9.17, 15) is 19.3 Å². The van der Waals surface area contributed by atoms with Gasteiger partial charge in [0.2, 0.25) is 5.91 Å². The number of benzene rings is 1. The number of nitro benzene ring substituents is 1. The smallest absolute Gasteiger partial charge is 0.292 e. The van der Waals surface area contributed by atoms with Crippen LogP contribution in [-0.2, 0) is 4.79 Å². The van der Waals surface area contributed by atoms with Crippen LogP contribution in [0, 0.1) is 22.9 Å². The summed E-state index contributed by atoms with van der Waals surface area (Å²) in [5.74, 6) is 0.228. The summed E-state index contributed by atoms with van der Waals surface area (Å²) in [5.41, 5.74) is 0.135. The number of rotatable bonds is 5. The van der Waals surface area contributed by atoms with Crippen molar-refractivity contribution in [3.8, 4) is 0 Å². The molecular formula is C16H18FN5O4. The molecule has 0 saturated carbocycles. The van der Waals surface area contributed by atoms with Gasteiger partial charge in [-0.3, -0.25) is 19.8 Å². The number of halogens is 1. The zero-order valence-electron chi connectivity index (χ0n) is 14.1. The number of aryl methyl sites for hydroxylation is 1. The molecule has 9 nitrogen and oxygen atoms in total. The molecule has 3 rings (SSSR count). The lowest BCUT2D eigenvalue weighted by molar-refractivity contribution is -0.384. The van der Waals surface area contributed by atoms with Gasteiger partial charge in [0, 0.05) is 44.4 Å². The third kappa shape index (κ3) is 4.14. The van der Waals surface area contributed by atoms with Crippen molar-refractivity contribution in [3.05, 3.63) is 46.0 Å². The van der Waals surface area contributed by atoms with E-state index in [1.165, 1.54) is 12.1 Å². The Labute approximate surface area is 148 Å².